The van der Waals surface area contributed by atoms with Gasteiger partial charge in [0.1, 0.15) is 5.54 Å². The van der Waals surface area contributed by atoms with Gasteiger partial charge in [-0.2, -0.15) is 0 Å². The van der Waals surface area contributed by atoms with Gasteiger partial charge in [0.05, 0.1) is 6.04 Å². The second kappa shape index (κ2) is 1.82. The van der Waals surface area contributed by atoms with Gasteiger partial charge in [0.2, 0.25) is 0 Å². The third-order valence-corrected chi connectivity index (χ3v) is 3.84. The van der Waals surface area contributed by atoms with Crippen molar-refractivity contribution in [1.29, 1.82) is 0 Å². The van der Waals surface area contributed by atoms with Crippen LogP contribution < -0.4 is 0 Å². The Kier molecular flexibility index (Phi) is 1.04. The first-order chi connectivity index (χ1) is 5.78. The zero-order valence-electron chi connectivity index (χ0n) is 7.29. The van der Waals surface area contributed by atoms with Gasteiger partial charge in [-0.3, -0.25) is 9.69 Å². The van der Waals surface area contributed by atoms with Crippen molar-refractivity contribution in [3.63, 3.8) is 0 Å². The summed E-state index contributed by atoms with van der Waals surface area (Å²) in [6.45, 7) is 2.89. The fraction of sp³-hybridized carbons (Fsp3) is 0.700. The van der Waals surface area contributed by atoms with Gasteiger partial charge in [-0.15, -0.1) is 0 Å². The van der Waals surface area contributed by atoms with Crippen LogP contribution in [0.2, 0.25) is 0 Å². The van der Waals surface area contributed by atoms with Crippen molar-refractivity contribution in [3.8, 4) is 0 Å². The van der Waals surface area contributed by atoms with Crippen LogP contribution in [0.15, 0.2) is 12.2 Å². The average Bonchev–Trinajstić information content (AvgIpc) is 2.50. The zero-order valence-corrected chi connectivity index (χ0v) is 7.29. The van der Waals surface area contributed by atoms with Gasteiger partial charge in [-0.05, 0) is 25.7 Å². The van der Waals surface area contributed by atoms with Crippen LogP contribution in [0.25, 0.3) is 0 Å². The maximum Gasteiger partial charge on any atom is 0.152 e. The van der Waals surface area contributed by atoms with Crippen molar-refractivity contribution in [2.24, 2.45) is 5.92 Å². The summed E-state index contributed by atoms with van der Waals surface area (Å²) in [5, 5.41) is 0. The van der Waals surface area contributed by atoms with Crippen molar-refractivity contribution in [2.45, 2.75) is 31.3 Å². The number of allylic oxidation sites excluding steroid dienone is 1. The summed E-state index contributed by atoms with van der Waals surface area (Å²) < 4.78 is 0. The lowest BCUT2D eigenvalue weighted by Gasteiger charge is -2.21. The van der Waals surface area contributed by atoms with Crippen LogP contribution in [0.3, 0.4) is 0 Å². The van der Waals surface area contributed by atoms with Gasteiger partial charge in [0.25, 0.3) is 0 Å². The summed E-state index contributed by atoms with van der Waals surface area (Å²) in [5.74, 6) is 1.02. The normalized spacial score (nSPS) is 53.6. The Morgan fingerprint density at radius 1 is 1.67 bits per heavy atom. The number of ketones is 1. The third-order valence-electron chi connectivity index (χ3n) is 3.84. The molecule has 2 unspecified atom stereocenters. The molecule has 0 amide bonds. The Hall–Kier alpha value is -0.630. The lowest BCUT2D eigenvalue weighted by molar-refractivity contribution is -0.121. The van der Waals surface area contributed by atoms with E-state index in [9.17, 15) is 4.79 Å². The van der Waals surface area contributed by atoms with Gasteiger partial charge in [-0.1, -0.05) is 12.2 Å². The standard InChI is InChI=1S/C10H13NO/c1-7(12)10-8-3-2-4-9(10)11(10)6-5-8/h2,4,8-9H,3,5-6H2,1H3/t8-,9?,10+,11?/m0/s1. The van der Waals surface area contributed by atoms with Crippen LogP contribution in [0.5, 0.6) is 0 Å². The lowest BCUT2D eigenvalue weighted by atomic mass is 9.79. The second-order valence-electron chi connectivity index (χ2n) is 4.17. The molecule has 2 heteroatoms. The molecule has 12 heavy (non-hydrogen) atoms. The van der Waals surface area contributed by atoms with E-state index < -0.39 is 0 Å². The highest BCUT2D eigenvalue weighted by Gasteiger charge is 2.72. The Bertz CT molecular complexity index is 284. The molecule has 3 aliphatic rings. The first kappa shape index (κ1) is 6.84. The number of carbonyl (C=O) groups is 1. The molecule has 2 nitrogen and oxygen atoms in total. The molecular weight excluding hydrogens is 150 g/mol. The minimum Gasteiger partial charge on any atom is -0.298 e. The van der Waals surface area contributed by atoms with Crippen LogP contribution in [0.4, 0.5) is 0 Å². The highest BCUT2D eigenvalue weighted by molar-refractivity contribution is 5.92. The van der Waals surface area contributed by atoms with E-state index in [0.29, 0.717) is 17.7 Å². The molecule has 0 aromatic heterocycles. The molecule has 0 aromatic rings. The number of piperidine rings is 1. The maximum atomic E-state index is 11.5. The van der Waals surface area contributed by atoms with E-state index in [2.05, 4.69) is 17.1 Å². The molecule has 1 aliphatic carbocycles. The number of carbonyl (C=O) groups excluding carboxylic acids is 1. The molecule has 0 radical (unpaired) electrons. The van der Waals surface area contributed by atoms with Crippen molar-refractivity contribution >= 4 is 5.78 Å². The monoisotopic (exact) mass is 163 g/mol. The van der Waals surface area contributed by atoms with Gasteiger partial charge in [0.15, 0.2) is 5.78 Å². The second-order valence-corrected chi connectivity index (χ2v) is 4.17. The fourth-order valence-corrected chi connectivity index (χ4v) is 3.32. The smallest absolute Gasteiger partial charge is 0.152 e. The van der Waals surface area contributed by atoms with Crippen LogP contribution in [0, 0.1) is 5.92 Å². The van der Waals surface area contributed by atoms with E-state index in [0.717, 1.165) is 13.0 Å². The Morgan fingerprint density at radius 3 is 3.08 bits per heavy atom. The predicted molar refractivity (Wildman–Crippen MR) is 45.8 cm³/mol. The summed E-state index contributed by atoms with van der Waals surface area (Å²) in [6, 6.07) is 0.475. The van der Waals surface area contributed by atoms with Crippen molar-refractivity contribution in [2.75, 3.05) is 6.54 Å². The summed E-state index contributed by atoms with van der Waals surface area (Å²) >= 11 is 0. The van der Waals surface area contributed by atoms with Crippen LogP contribution >= 0.6 is 0 Å². The number of hydrogen-bond donors (Lipinski definition) is 0. The summed E-state index contributed by atoms with van der Waals surface area (Å²) in [7, 11) is 0. The van der Waals surface area contributed by atoms with Crippen molar-refractivity contribution in [3.05, 3.63) is 12.2 Å². The number of Topliss-reactive ketones (excluding diaryl/α,β-unsaturated/α-hetero) is 1. The molecule has 2 fully saturated rings. The average molecular weight is 163 g/mol. The van der Waals surface area contributed by atoms with E-state index in [1.165, 1.54) is 6.42 Å². The summed E-state index contributed by atoms with van der Waals surface area (Å²) in [5.41, 5.74) is -0.0191. The molecule has 4 atom stereocenters. The van der Waals surface area contributed by atoms with Crippen LogP contribution in [-0.2, 0) is 4.79 Å². The molecule has 2 aliphatic heterocycles. The maximum absolute atomic E-state index is 11.5. The minimum absolute atomic E-state index is 0.0191. The van der Waals surface area contributed by atoms with E-state index in [4.69, 9.17) is 0 Å². The van der Waals surface area contributed by atoms with Crippen molar-refractivity contribution in [1.82, 2.24) is 4.90 Å². The molecule has 0 spiro atoms. The topological polar surface area (TPSA) is 20.1 Å². The first-order valence-corrected chi connectivity index (χ1v) is 4.72. The van der Waals surface area contributed by atoms with E-state index in [1.54, 1.807) is 6.92 Å². The number of fused-ring (bicyclic) bond motifs is 1. The van der Waals surface area contributed by atoms with Crippen LogP contribution in [-0.4, -0.2) is 28.8 Å². The van der Waals surface area contributed by atoms with Gasteiger partial charge in [-0.25, -0.2) is 0 Å². The highest BCUT2D eigenvalue weighted by Crippen LogP contribution is 2.57. The van der Waals surface area contributed by atoms with Gasteiger partial charge < -0.3 is 0 Å². The molecule has 2 saturated heterocycles. The van der Waals surface area contributed by atoms with Gasteiger partial charge >= 0.3 is 0 Å². The zero-order chi connectivity index (χ0) is 8.34. The summed E-state index contributed by atoms with van der Waals surface area (Å²) in [6.07, 6.45) is 6.81. The largest absolute Gasteiger partial charge is 0.298 e. The van der Waals surface area contributed by atoms with E-state index in [1.807, 2.05) is 0 Å². The quantitative estimate of drug-likeness (QED) is 0.424. The molecular formula is C10H13NO. The number of nitrogens with zero attached hydrogens (tertiary/aromatic N) is 1. The Balaban J connectivity index is 2.08. The fourth-order valence-electron chi connectivity index (χ4n) is 3.32. The SMILES string of the molecule is CC(=O)[C@]12C3C=CC[C@H]1CCN32. The van der Waals surface area contributed by atoms with E-state index >= 15 is 0 Å². The van der Waals surface area contributed by atoms with Crippen LogP contribution in [0.1, 0.15) is 19.8 Å². The lowest BCUT2D eigenvalue weighted by Crippen LogP contribution is -2.34. The Labute approximate surface area is 72.2 Å². The van der Waals surface area contributed by atoms with E-state index in [-0.39, 0.29) is 5.54 Å². The molecule has 0 saturated carbocycles. The highest BCUT2D eigenvalue weighted by atomic mass is 16.1. The molecule has 2 heterocycles. The van der Waals surface area contributed by atoms with Crippen molar-refractivity contribution < 1.29 is 4.79 Å². The molecule has 0 aromatic carbocycles. The minimum atomic E-state index is -0.0191. The predicted octanol–water partition coefficient (Wildman–Crippen LogP) is 0.978. The first-order valence-electron chi connectivity index (χ1n) is 4.72. The third kappa shape index (κ3) is 0.496. The van der Waals surface area contributed by atoms with Gasteiger partial charge in [0, 0.05) is 6.54 Å². The Morgan fingerprint density at radius 2 is 2.50 bits per heavy atom. The molecule has 0 bridgehead atoms. The summed E-state index contributed by atoms with van der Waals surface area (Å²) in [4.78, 5) is 13.9. The molecule has 0 N–H and O–H groups in total. The molecule has 3 rings (SSSR count). The number of rotatable bonds is 1. The molecule has 64 valence electrons. The number of hydrogen-bond acceptors (Lipinski definition) is 2.